The molecule has 1 heterocycles. The van der Waals surface area contributed by atoms with E-state index in [-0.39, 0.29) is 29.7 Å². The highest BCUT2D eigenvalue weighted by Gasteiger charge is 2.25. The molecule has 0 atom stereocenters. The predicted octanol–water partition coefficient (Wildman–Crippen LogP) is 2.61. The lowest BCUT2D eigenvalue weighted by atomic mass is 9.87. The molecule has 0 aromatic heterocycles. The lowest BCUT2D eigenvalue weighted by Gasteiger charge is -2.34. The lowest BCUT2D eigenvalue weighted by Crippen LogP contribution is -2.51. The van der Waals surface area contributed by atoms with Gasteiger partial charge in [-0.3, -0.25) is 9.59 Å². The van der Waals surface area contributed by atoms with Gasteiger partial charge in [0, 0.05) is 31.9 Å². The molecule has 0 radical (unpaired) electrons. The molecule has 0 aliphatic carbocycles. The first-order valence-corrected chi connectivity index (χ1v) is 9.30. The van der Waals surface area contributed by atoms with Crippen molar-refractivity contribution in [2.24, 2.45) is 0 Å². The van der Waals surface area contributed by atoms with Crippen LogP contribution >= 0.6 is 0 Å². The molecule has 7 heteroatoms. The second-order valence-corrected chi connectivity index (χ2v) is 7.62. The highest BCUT2D eigenvalue weighted by molar-refractivity contribution is 6.03. The maximum absolute atomic E-state index is 12.3. The van der Waals surface area contributed by atoms with Gasteiger partial charge in [-0.2, -0.15) is 0 Å². The largest absolute Gasteiger partial charge is 0.450 e. The Kier molecular flexibility index (Phi) is 6.82. The molecule has 1 aliphatic heterocycles. The van der Waals surface area contributed by atoms with Crippen molar-refractivity contribution >= 4 is 23.6 Å². The minimum absolute atomic E-state index is 0.0458. The average Bonchev–Trinajstić information content (AvgIpc) is 2.61. The normalized spacial score (nSPS) is 14.7. The third-order valence-electron chi connectivity index (χ3n) is 4.50. The number of nitrogens with one attached hydrogen (secondary N) is 1. The molecule has 1 N–H and O–H groups in total. The van der Waals surface area contributed by atoms with Gasteiger partial charge in [-0.25, -0.2) is 4.79 Å². The number of carbonyl (C=O) groups is 3. The number of anilines is 1. The van der Waals surface area contributed by atoms with Crippen molar-refractivity contribution in [1.29, 1.82) is 0 Å². The molecule has 0 saturated carbocycles. The molecule has 0 spiro atoms. The molecule has 1 aliphatic rings. The van der Waals surface area contributed by atoms with Crippen LogP contribution in [-0.4, -0.2) is 60.5 Å². The van der Waals surface area contributed by atoms with Crippen LogP contribution in [0.15, 0.2) is 24.3 Å². The Morgan fingerprint density at radius 3 is 2.07 bits per heavy atom. The summed E-state index contributed by atoms with van der Waals surface area (Å²) in [6.45, 7) is 10.1. The van der Waals surface area contributed by atoms with Crippen molar-refractivity contribution in [1.82, 2.24) is 9.80 Å². The van der Waals surface area contributed by atoms with Crippen LogP contribution in [0.5, 0.6) is 0 Å². The fourth-order valence-corrected chi connectivity index (χ4v) is 2.86. The molecule has 1 aromatic rings. The highest BCUT2D eigenvalue weighted by Crippen LogP contribution is 2.23. The zero-order valence-corrected chi connectivity index (χ0v) is 16.6. The van der Waals surface area contributed by atoms with Crippen molar-refractivity contribution < 1.29 is 19.1 Å². The maximum Gasteiger partial charge on any atom is 0.409 e. The Hall–Kier alpha value is -2.57. The van der Waals surface area contributed by atoms with Crippen LogP contribution in [0.4, 0.5) is 10.5 Å². The Balaban J connectivity index is 1.81. The van der Waals surface area contributed by atoms with Crippen LogP contribution in [-0.2, 0) is 19.7 Å². The summed E-state index contributed by atoms with van der Waals surface area (Å²) < 4.78 is 4.96. The van der Waals surface area contributed by atoms with Gasteiger partial charge in [0.1, 0.15) is 6.42 Å². The van der Waals surface area contributed by atoms with E-state index in [0.29, 0.717) is 38.5 Å². The molecular weight excluding hydrogens is 346 g/mol. The monoisotopic (exact) mass is 375 g/mol. The fourth-order valence-electron chi connectivity index (χ4n) is 2.86. The fraction of sp³-hybridized carbons (Fsp3) is 0.550. The quantitative estimate of drug-likeness (QED) is 0.821. The molecule has 0 bridgehead atoms. The summed E-state index contributed by atoms with van der Waals surface area (Å²) in [5, 5.41) is 2.76. The first kappa shape index (κ1) is 20.7. The topological polar surface area (TPSA) is 79.0 Å². The maximum atomic E-state index is 12.3. The van der Waals surface area contributed by atoms with Crippen LogP contribution < -0.4 is 5.32 Å². The van der Waals surface area contributed by atoms with Crippen LogP contribution in [0.1, 0.15) is 39.7 Å². The van der Waals surface area contributed by atoms with Gasteiger partial charge in [-0.15, -0.1) is 0 Å². The number of piperazine rings is 1. The van der Waals surface area contributed by atoms with Gasteiger partial charge in [0.05, 0.1) is 6.61 Å². The Morgan fingerprint density at radius 1 is 1.00 bits per heavy atom. The molecule has 7 nitrogen and oxygen atoms in total. The summed E-state index contributed by atoms with van der Waals surface area (Å²) in [6.07, 6.45) is -0.568. The van der Waals surface area contributed by atoms with Gasteiger partial charge < -0.3 is 19.9 Å². The molecule has 3 amide bonds. The molecule has 0 unspecified atom stereocenters. The molecule has 148 valence electrons. The van der Waals surface area contributed by atoms with E-state index < -0.39 is 0 Å². The number of carbonyl (C=O) groups excluding carboxylic acids is 3. The zero-order valence-electron chi connectivity index (χ0n) is 16.6. The smallest absolute Gasteiger partial charge is 0.409 e. The highest BCUT2D eigenvalue weighted by atomic mass is 16.6. The van der Waals surface area contributed by atoms with E-state index in [1.165, 1.54) is 5.56 Å². The summed E-state index contributed by atoms with van der Waals surface area (Å²) in [5.74, 6) is -0.571. The van der Waals surface area contributed by atoms with Crippen LogP contribution in [0.2, 0.25) is 0 Å². The Morgan fingerprint density at radius 2 is 1.56 bits per heavy atom. The standard InChI is InChI=1S/C20H29N3O4/c1-5-27-19(26)23-12-10-22(11-13-23)18(25)14-17(24)21-16-8-6-15(7-9-16)20(2,3)4/h6-9H,5,10-14H2,1-4H3,(H,21,24). The van der Waals surface area contributed by atoms with E-state index in [0.717, 1.165) is 0 Å². The van der Waals surface area contributed by atoms with E-state index in [1.807, 2.05) is 24.3 Å². The van der Waals surface area contributed by atoms with Gasteiger partial charge in [0.25, 0.3) is 0 Å². The first-order chi connectivity index (χ1) is 12.7. The summed E-state index contributed by atoms with van der Waals surface area (Å²) in [5.41, 5.74) is 1.90. The summed E-state index contributed by atoms with van der Waals surface area (Å²) in [7, 11) is 0. The van der Waals surface area contributed by atoms with E-state index in [4.69, 9.17) is 4.74 Å². The number of hydrogen-bond donors (Lipinski definition) is 1. The number of rotatable bonds is 4. The number of ether oxygens (including phenoxy) is 1. The van der Waals surface area contributed by atoms with Crippen molar-refractivity contribution in [3.8, 4) is 0 Å². The third kappa shape index (κ3) is 5.98. The third-order valence-corrected chi connectivity index (χ3v) is 4.50. The summed E-state index contributed by atoms with van der Waals surface area (Å²) in [6, 6.07) is 7.65. The molecule has 2 rings (SSSR count). The number of benzene rings is 1. The number of nitrogens with zero attached hydrogens (tertiary/aromatic N) is 2. The van der Waals surface area contributed by atoms with Gasteiger partial charge in [0.2, 0.25) is 11.8 Å². The zero-order chi connectivity index (χ0) is 20.0. The van der Waals surface area contributed by atoms with E-state index >= 15 is 0 Å². The van der Waals surface area contributed by atoms with Crippen molar-refractivity contribution in [3.63, 3.8) is 0 Å². The Bertz CT molecular complexity index is 671. The average molecular weight is 375 g/mol. The molecule has 1 fully saturated rings. The van der Waals surface area contributed by atoms with Crippen molar-refractivity contribution in [2.75, 3.05) is 38.1 Å². The molecular formula is C20H29N3O4. The minimum atomic E-state index is -0.360. The lowest BCUT2D eigenvalue weighted by molar-refractivity contribution is -0.135. The second-order valence-electron chi connectivity index (χ2n) is 7.62. The summed E-state index contributed by atoms with van der Waals surface area (Å²) in [4.78, 5) is 39.3. The van der Waals surface area contributed by atoms with Gasteiger partial charge in [0.15, 0.2) is 0 Å². The molecule has 1 saturated heterocycles. The van der Waals surface area contributed by atoms with Crippen LogP contribution in [0.3, 0.4) is 0 Å². The van der Waals surface area contributed by atoms with Crippen molar-refractivity contribution in [3.05, 3.63) is 29.8 Å². The number of amides is 3. The van der Waals surface area contributed by atoms with E-state index in [1.54, 1.807) is 16.7 Å². The minimum Gasteiger partial charge on any atom is -0.450 e. The first-order valence-electron chi connectivity index (χ1n) is 9.30. The molecule has 27 heavy (non-hydrogen) atoms. The van der Waals surface area contributed by atoms with E-state index in [2.05, 4.69) is 26.1 Å². The molecule has 1 aromatic carbocycles. The predicted molar refractivity (Wildman–Crippen MR) is 104 cm³/mol. The van der Waals surface area contributed by atoms with Gasteiger partial charge >= 0.3 is 6.09 Å². The van der Waals surface area contributed by atoms with E-state index in [9.17, 15) is 14.4 Å². The van der Waals surface area contributed by atoms with Crippen molar-refractivity contribution in [2.45, 2.75) is 39.5 Å². The van der Waals surface area contributed by atoms with Crippen LogP contribution in [0, 0.1) is 0 Å². The Labute approximate surface area is 160 Å². The van der Waals surface area contributed by atoms with Gasteiger partial charge in [-0.05, 0) is 30.0 Å². The summed E-state index contributed by atoms with van der Waals surface area (Å²) >= 11 is 0. The van der Waals surface area contributed by atoms with Gasteiger partial charge in [-0.1, -0.05) is 32.9 Å². The second kappa shape index (κ2) is 8.88. The SMILES string of the molecule is CCOC(=O)N1CCN(C(=O)CC(=O)Nc2ccc(C(C)(C)C)cc2)CC1. The number of hydrogen-bond acceptors (Lipinski definition) is 4. The van der Waals surface area contributed by atoms with Crippen LogP contribution in [0.25, 0.3) is 0 Å².